The van der Waals surface area contributed by atoms with E-state index >= 15 is 0 Å². The highest BCUT2D eigenvalue weighted by atomic mass is 79.9. The van der Waals surface area contributed by atoms with Crippen molar-refractivity contribution in [3.05, 3.63) is 28.9 Å². The van der Waals surface area contributed by atoms with E-state index in [9.17, 15) is 4.57 Å². The summed E-state index contributed by atoms with van der Waals surface area (Å²) in [5.74, 6) is 0.651. The van der Waals surface area contributed by atoms with Gasteiger partial charge in [-0.1, -0.05) is 0 Å². The van der Waals surface area contributed by atoms with Crippen LogP contribution in [0.1, 0.15) is 13.8 Å². The largest absolute Gasteiger partial charge is 0.462 e. The molecule has 0 unspecified atom stereocenters. The molecule has 2 aromatic rings. The molecule has 0 amide bonds. The van der Waals surface area contributed by atoms with Crippen molar-refractivity contribution in [1.82, 2.24) is 4.98 Å². The van der Waals surface area contributed by atoms with Crippen molar-refractivity contribution in [2.45, 2.75) is 13.8 Å². The molecule has 2 N–H and O–H groups in total. The molecule has 0 saturated carbocycles. The van der Waals surface area contributed by atoms with Crippen LogP contribution in [0.2, 0.25) is 0 Å². The number of nitrogen functional groups attached to an aromatic ring is 1. The molecule has 0 atom stereocenters. The molecule has 2 aromatic heterocycles. The molecule has 2 heterocycles. The van der Waals surface area contributed by atoms with Gasteiger partial charge in [0.2, 0.25) is 0 Å². The Balaban J connectivity index is 2.56. The molecular formula is C13H16BrN2O4P. The molecule has 114 valence electrons. The van der Waals surface area contributed by atoms with E-state index in [1.165, 1.54) is 6.26 Å². The lowest BCUT2D eigenvalue weighted by Gasteiger charge is -2.16. The standard InChI is InChI=1S/C13H16BrN2O4P/c1-3-19-21(17,20-4-2)10-7-8-18-13(10)12-9(14)5-6-11(15)16-12/h5-8H,3-4H2,1-2H3,(H2,15,16). The molecule has 0 spiro atoms. The van der Waals surface area contributed by atoms with E-state index in [1.807, 2.05) is 0 Å². The summed E-state index contributed by atoms with van der Waals surface area (Å²) in [6.07, 6.45) is 1.42. The lowest BCUT2D eigenvalue weighted by atomic mass is 10.3. The highest BCUT2D eigenvalue weighted by molar-refractivity contribution is 9.10. The van der Waals surface area contributed by atoms with E-state index in [4.69, 9.17) is 19.2 Å². The summed E-state index contributed by atoms with van der Waals surface area (Å²) in [6, 6.07) is 4.97. The fourth-order valence-corrected chi connectivity index (χ4v) is 3.91. The second kappa shape index (κ2) is 6.75. The summed E-state index contributed by atoms with van der Waals surface area (Å²) in [5, 5.41) is 0.338. The predicted octanol–water partition coefficient (Wildman–Crippen LogP) is 3.58. The fourth-order valence-electron chi connectivity index (χ4n) is 1.83. The quantitative estimate of drug-likeness (QED) is 0.777. The third-order valence-corrected chi connectivity index (χ3v) is 5.40. The van der Waals surface area contributed by atoms with Crippen LogP contribution in [-0.4, -0.2) is 18.2 Å². The third kappa shape index (κ3) is 3.37. The number of anilines is 1. The first-order valence-corrected chi connectivity index (χ1v) is 8.75. The molecule has 0 aliphatic carbocycles. The van der Waals surface area contributed by atoms with Crippen LogP contribution in [0.25, 0.3) is 11.5 Å². The van der Waals surface area contributed by atoms with Crippen molar-refractivity contribution in [2.75, 3.05) is 18.9 Å². The zero-order valence-corrected chi connectivity index (χ0v) is 14.2. The first-order valence-electron chi connectivity index (χ1n) is 6.41. The van der Waals surface area contributed by atoms with Gasteiger partial charge in [0.05, 0.1) is 19.5 Å². The minimum atomic E-state index is -3.46. The fraction of sp³-hybridized carbons (Fsp3) is 0.308. The Morgan fingerprint density at radius 2 is 1.95 bits per heavy atom. The maximum Gasteiger partial charge on any atom is 0.365 e. The topological polar surface area (TPSA) is 87.6 Å². The van der Waals surface area contributed by atoms with E-state index in [0.717, 1.165) is 0 Å². The number of halogens is 1. The molecule has 0 bridgehead atoms. The molecule has 0 aromatic carbocycles. The van der Waals surface area contributed by atoms with Crippen LogP contribution in [0.4, 0.5) is 5.82 Å². The van der Waals surface area contributed by atoms with Crippen molar-refractivity contribution < 1.29 is 18.0 Å². The van der Waals surface area contributed by atoms with E-state index in [1.54, 1.807) is 32.0 Å². The van der Waals surface area contributed by atoms with Gasteiger partial charge in [0.25, 0.3) is 0 Å². The van der Waals surface area contributed by atoms with Crippen molar-refractivity contribution >= 4 is 34.6 Å². The van der Waals surface area contributed by atoms with Crippen LogP contribution in [0.3, 0.4) is 0 Å². The van der Waals surface area contributed by atoms with E-state index in [0.29, 0.717) is 27.0 Å². The minimum Gasteiger partial charge on any atom is -0.462 e. The van der Waals surface area contributed by atoms with E-state index in [-0.39, 0.29) is 13.2 Å². The Morgan fingerprint density at radius 3 is 2.57 bits per heavy atom. The van der Waals surface area contributed by atoms with Gasteiger partial charge in [0, 0.05) is 4.47 Å². The SMILES string of the molecule is CCOP(=O)(OCC)c1ccoc1-c1nc(N)ccc1Br. The average molecular weight is 375 g/mol. The number of nitrogens with two attached hydrogens (primary N) is 1. The normalized spacial score (nSPS) is 11.8. The van der Waals surface area contributed by atoms with Gasteiger partial charge in [-0.2, -0.15) is 0 Å². The summed E-state index contributed by atoms with van der Waals surface area (Å²) >= 11 is 3.38. The number of hydrogen-bond acceptors (Lipinski definition) is 6. The molecular weight excluding hydrogens is 359 g/mol. The molecule has 0 aliphatic heterocycles. The van der Waals surface area contributed by atoms with Crippen LogP contribution >= 0.6 is 23.5 Å². The highest BCUT2D eigenvalue weighted by Crippen LogP contribution is 2.49. The number of aromatic nitrogens is 1. The molecule has 2 rings (SSSR count). The Kier molecular flexibility index (Phi) is 5.22. The van der Waals surface area contributed by atoms with Gasteiger partial charge in [0.15, 0.2) is 5.76 Å². The van der Waals surface area contributed by atoms with Crippen molar-refractivity contribution in [3.8, 4) is 11.5 Å². The van der Waals surface area contributed by atoms with Gasteiger partial charge in [-0.25, -0.2) is 4.98 Å². The van der Waals surface area contributed by atoms with Crippen molar-refractivity contribution in [3.63, 3.8) is 0 Å². The van der Waals surface area contributed by atoms with Crippen LogP contribution in [0.5, 0.6) is 0 Å². The Labute approximate surface area is 131 Å². The molecule has 21 heavy (non-hydrogen) atoms. The number of pyridine rings is 1. The van der Waals surface area contributed by atoms with Crippen LogP contribution < -0.4 is 11.0 Å². The number of hydrogen-bond donors (Lipinski definition) is 1. The molecule has 0 radical (unpaired) electrons. The lowest BCUT2D eigenvalue weighted by Crippen LogP contribution is -2.12. The van der Waals surface area contributed by atoms with Crippen molar-refractivity contribution in [1.29, 1.82) is 0 Å². The summed E-state index contributed by atoms with van der Waals surface area (Å²) in [7, 11) is -3.46. The maximum atomic E-state index is 12.9. The predicted molar refractivity (Wildman–Crippen MR) is 84.5 cm³/mol. The van der Waals surface area contributed by atoms with Crippen molar-refractivity contribution in [2.24, 2.45) is 0 Å². The summed E-state index contributed by atoms with van der Waals surface area (Å²) in [4.78, 5) is 4.21. The first kappa shape index (κ1) is 16.2. The van der Waals surface area contributed by atoms with Crippen LogP contribution in [0, 0.1) is 0 Å². The summed E-state index contributed by atoms with van der Waals surface area (Å²) in [5.41, 5.74) is 6.16. The Hall–Kier alpha value is -1.14. The maximum absolute atomic E-state index is 12.9. The average Bonchev–Trinajstić information content (AvgIpc) is 2.92. The molecule has 8 heteroatoms. The smallest absolute Gasteiger partial charge is 0.365 e. The highest BCUT2D eigenvalue weighted by Gasteiger charge is 2.33. The molecule has 6 nitrogen and oxygen atoms in total. The van der Waals surface area contributed by atoms with Gasteiger partial charge in [-0.05, 0) is 48.0 Å². The number of nitrogens with zero attached hydrogens (tertiary/aromatic N) is 1. The Bertz CT molecular complexity index is 664. The third-order valence-electron chi connectivity index (χ3n) is 2.62. The van der Waals surface area contributed by atoms with E-state index in [2.05, 4.69) is 20.9 Å². The molecule has 0 aliphatic rings. The van der Waals surface area contributed by atoms with Gasteiger partial charge in [-0.3, -0.25) is 4.57 Å². The molecule has 0 saturated heterocycles. The monoisotopic (exact) mass is 374 g/mol. The van der Waals surface area contributed by atoms with Gasteiger partial charge >= 0.3 is 7.60 Å². The first-order chi connectivity index (χ1) is 10.0. The van der Waals surface area contributed by atoms with Gasteiger partial charge in [0.1, 0.15) is 16.8 Å². The minimum absolute atomic E-state index is 0.257. The lowest BCUT2D eigenvalue weighted by molar-refractivity contribution is 0.230. The van der Waals surface area contributed by atoms with Crippen LogP contribution in [-0.2, 0) is 13.6 Å². The summed E-state index contributed by atoms with van der Waals surface area (Å²) in [6.45, 7) is 4.01. The van der Waals surface area contributed by atoms with Gasteiger partial charge in [-0.15, -0.1) is 0 Å². The van der Waals surface area contributed by atoms with Crippen LogP contribution in [0.15, 0.2) is 33.4 Å². The Morgan fingerprint density at radius 1 is 1.29 bits per heavy atom. The zero-order chi connectivity index (χ0) is 15.5. The van der Waals surface area contributed by atoms with E-state index < -0.39 is 7.60 Å². The second-order valence-electron chi connectivity index (χ2n) is 4.03. The van der Waals surface area contributed by atoms with Gasteiger partial charge < -0.3 is 19.2 Å². The number of rotatable bonds is 6. The summed E-state index contributed by atoms with van der Waals surface area (Å²) < 4.78 is 29.7. The molecule has 0 fully saturated rings. The number of furan rings is 1. The second-order valence-corrected chi connectivity index (χ2v) is 6.88. The zero-order valence-electron chi connectivity index (χ0n) is 11.7.